The molecule has 2 amide bonds. The van der Waals surface area contributed by atoms with Crippen molar-refractivity contribution in [1.29, 1.82) is 0 Å². The zero-order valence-electron chi connectivity index (χ0n) is 17.4. The predicted octanol–water partition coefficient (Wildman–Crippen LogP) is 4.29. The Morgan fingerprint density at radius 3 is 2.76 bits per heavy atom. The molecule has 29 heavy (non-hydrogen) atoms. The number of benzene rings is 1. The van der Waals surface area contributed by atoms with Crippen molar-refractivity contribution in [3.63, 3.8) is 0 Å². The molecule has 2 aromatic rings. The standard InChI is InChI=1S/C23H32N4O2/c1-27(2)22(19-9-4-3-5-10-19)16-25-23(28)26-20-11-6-12-21(14-20)29-17-18-8-7-13-24-15-18/h6-8,11-15,19,22H,3-5,9-10,16-17H2,1-2H3,(H2,25,26,28)/t22-/m1/s1. The molecule has 0 unspecified atom stereocenters. The van der Waals surface area contributed by atoms with Crippen molar-refractivity contribution in [2.75, 3.05) is 26.0 Å². The molecule has 1 fully saturated rings. The number of carbonyl (C=O) groups excluding carboxylic acids is 1. The Bertz CT molecular complexity index is 760. The van der Waals surface area contributed by atoms with Crippen molar-refractivity contribution in [3.05, 3.63) is 54.4 Å². The zero-order valence-corrected chi connectivity index (χ0v) is 17.4. The molecule has 0 spiro atoms. The van der Waals surface area contributed by atoms with E-state index in [1.165, 1.54) is 32.1 Å². The number of hydrogen-bond acceptors (Lipinski definition) is 4. The maximum absolute atomic E-state index is 12.4. The second kappa shape index (κ2) is 10.8. The molecule has 0 radical (unpaired) electrons. The number of likely N-dealkylation sites (N-methyl/N-ethyl adjacent to an activating group) is 1. The third-order valence-electron chi connectivity index (χ3n) is 5.55. The Morgan fingerprint density at radius 2 is 2.03 bits per heavy atom. The fraction of sp³-hybridized carbons (Fsp3) is 0.478. The van der Waals surface area contributed by atoms with Crippen molar-refractivity contribution < 1.29 is 9.53 Å². The first-order valence-electron chi connectivity index (χ1n) is 10.4. The lowest BCUT2D eigenvalue weighted by atomic mass is 9.83. The van der Waals surface area contributed by atoms with Gasteiger partial charge in [0, 0.05) is 42.3 Å². The van der Waals surface area contributed by atoms with Crippen LogP contribution >= 0.6 is 0 Å². The minimum atomic E-state index is -0.183. The van der Waals surface area contributed by atoms with Gasteiger partial charge in [0.15, 0.2) is 0 Å². The van der Waals surface area contributed by atoms with Crippen LogP contribution in [0.25, 0.3) is 0 Å². The number of ether oxygens (including phenoxy) is 1. The van der Waals surface area contributed by atoms with E-state index in [-0.39, 0.29) is 6.03 Å². The van der Waals surface area contributed by atoms with Gasteiger partial charge in [-0.15, -0.1) is 0 Å². The molecular formula is C23H32N4O2. The van der Waals surface area contributed by atoms with Gasteiger partial charge in [-0.2, -0.15) is 0 Å². The van der Waals surface area contributed by atoms with Crippen LogP contribution in [0.4, 0.5) is 10.5 Å². The van der Waals surface area contributed by atoms with Crippen LogP contribution < -0.4 is 15.4 Å². The van der Waals surface area contributed by atoms with Gasteiger partial charge in [-0.05, 0) is 51.1 Å². The molecule has 1 aromatic heterocycles. The predicted molar refractivity (Wildman–Crippen MR) is 116 cm³/mol. The van der Waals surface area contributed by atoms with Crippen LogP contribution in [-0.4, -0.2) is 42.6 Å². The summed E-state index contributed by atoms with van der Waals surface area (Å²) in [6.45, 7) is 1.09. The molecule has 1 aliphatic rings. The Balaban J connectivity index is 1.49. The van der Waals surface area contributed by atoms with Crippen LogP contribution in [0.15, 0.2) is 48.8 Å². The van der Waals surface area contributed by atoms with E-state index in [0.717, 1.165) is 5.56 Å². The number of carbonyl (C=O) groups is 1. The number of nitrogens with zero attached hydrogens (tertiary/aromatic N) is 2. The van der Waals surface area contributed by atoms with Crippen LogP contribution in [0.3, 0.4) is 0 Å². The SMILES string of the molecule is CN(C)[C@H](CNC(=O)Nc1cccc(OCc2cccnc2)c1)C1CCCCC1. The van der Waals surface area contributed by atoms with Crippen LogP contribution in [0, 0.1) is 5.92 Å². The topological polar surface area (TPSA) is 66.5 Å². The lowest BCUT2D eigenvalue weighted by Gasteiger charge is -2.34. The van der Waals surface area contributed by atoms with E-state index in [0.29, 0.717) is 36.5 Å². The smallest absolute Gasteiger partial charge is 0.319 e. The average Bonchev–Trinajstić information content (AvgIpc) is 2.74. The fourth-order valence-corrected chi connectivity index (χ4v) is 3.98. The maximum atomic E-state index is 12.4. The highest BCUT2D eigenvalue weighted by atomic mass is 16.5. The molecule has 6 heteroatoms. The largest absolute Gasteiger partial charge is 0.489 e. The second-order valence-electron chi connectivity index (χ2n) is 7.94. The zero-order chi connectivity index (χ0) is 20.5. The van der Waals surface area contributed by atoms with Crippen LogP contribution in [0.2, 0.25) is 0 Å². The first kappa shape index (κ1) is 21.1. The molecule has 1 atom stereocenters. The first-order chi connectivity index (χ1) is 14.1. The summed E-state index contributed by atoms with van der Waals surface area (Å²) in [6.07, 6.45) is 9.96. The Morgan fingerprint density at radius 1 is 1.21 bits per heavy atom. The van der Waals surface area contributed by atoms with Gasteiger partial charge in [0.2, 0.25) is 0 Å². The van der Waals surface area contributed by atoms with Gasteiger partial charge in [-0.3, -0.25) is 4.98 Å². The first-order valence-corrected chi connectivity index (χ1v) is 10.4. The normalized spacial score (nSPS) is 15.7. The highest BCUT2D eigenvalue weighted by Gasteiger charge is 2.25. The molecule has 3 rings (SSSR count). The summed E-state index contributed by atoms with van der Waals surface area (Å²) in [7, 11) is 4.20. The summed E-state index contributed by atoms with van der Waals surface area (Å²) in [6, 6.07) is 11.5. The summed E-state index contributed by atoms with van der Waals surface area (Å²) in [5.74, 6) is 1.36. The summed E-state index contributed by atoms with van der Waals surface area (Å²) in [5, 5.41) is 5.96. The number of urea groups is 1. The molecule has 0 aliphatic heterocycles. The fourth-order valence-electron chi connectivity index (χ4n) is 3.98. The summed E-state index contributed by atoms with van der Waals surface area (Å²) < 4.78 is 5.80. The van der Waals surface area contributed by atoms with E-state index in [4.69, 9.17) is 4.74 Å². The Hall–Kier alpha value is -2.60. The molecule has 156 valence electrons. The van der Waals surface area contributed by atoms with Crippen molar-refractivity contribution in [2.24, 2.45) is 5.92 Å². The van der Waals surface area contributed by atoms with E-state index in [9.17, 15) is 4.79 Å². The number of hydrogen-bond donors (Lipinski definition) is 2. The molecule has 6 nitrogen and oxygen atoms in total. The van der Waals surface area contributed by atoms with Crippen LogP contribution in [0.5, 0.6) is 5.75 Å². The second-order valence-corrected chi connectivity index (χ2v) is 7.94. The summed E-state index contributed by atoms with van der Waals surface area (Å²) in [5.41, 5.74) is 1.71. The summed E-state index contributed by atoms with van der Waals surface area (Å²) in [4.78, 5) is 18.7. The van der Waals surface area contributed by atoms with Crippen molar-refractivity contribution in [1.82, 2.24) is 15.2 Å². The molecule has 0 bridgehead atoms. The molecule has 1 aromatic carbocycles. The number of nitrogens with one attached hydrogen (secondary N) is 2. The molecule has 1 aliphatic carbocycles. The van der Waals surface area contributed by atoms with E-state index in [1.807, 2.05) is 36.4 Å². The van der Waals surface area contributed by atoms with Gasteiger partial charge >= 0.3 is 6.03 Å². The number of pyridine rings is 1. The Labute approximate surface area is 173 Å². The number of aromatic nitrogens is 1. The highest BCUT2D eigenvalue weighted by molar-refractivity contribution is 5.89. The van der Waals surface area contributed by atoms with Gasteiger partial charge in [-0.25, -0.2) is 4.79 Å². The Kier molecular flexibility index (Phi) is 7.87. The molecule has 0 saturated heterocycles. The lowest BCUT2D eigenvalue weighted by Crippen LogP contribution is -2.46. The van der Waals surface area contributed by atoms with Gasteiger partial charge in [0.05, 0.1) is 0 Å². The molecule has 1 saturated carbocycles. The van der Waals surface area contributed by atoms with Gasteiger partial charge in [-0.1, -0.05) is 31.4 Å². The van der Waals surface area contributed by atoms with E-state index in [2.05, 4.69) is 34.6 Å². The van der Waals surface area contributed by atoms with E-state index in [1.54, 1.807) is 12.4 Å². The van der Waals surface area contributed by atoms with Gasteiger partial charge in [0.1, 0.15) is 12.4 Å². The average molecular weight is 397 g/mol. The summed E-state index contributed by atoms with van der Waals surface area (Å²) >= 11 is 0. The van der Waals surface area contributed by atoms with Crippen LogP contribution in [-0.2, 0) is 6.61 Å². The van der Waals surface area contributed by atoms with E-state index >= 15 is 0 Å². The molecule has 1 heterocycles. The monoisotopic (exact) mass is 396 g/mol. The highest BCUT2D eigenvalue weighted by Crippen LogP contribution is 2.28. The lowest BCUT2D eigenvalue weighted by molar-refractivity contribution is 0.167. The third-order valence-corrected chi connectivity index (χ3v) is 5.55. The van der Waals surface area contributed by atoms with Crippen molar-refractivity contribution >= 4 is 11.7 Å². The third kappa shape index (κ3) is 6.75. The minimum Gasteiger partial charge on any atom is -0.489 e. The van der Waals surface area contributed by atoms with Gasteiger partial charge < -0.3 is 20.3 Å². The molecule has 2 N–H and O–H groups in total. The maximum Gasteiger partial charge on any atom is 0.319 e. The van der Waals surface area contributed by atoms with Crippen molar-refractivity contribution in [2.45, 2.75) is 44.8 Å². The number of anilines is 1. The van der Waals surface area contributed by atoms with Gasteiger partial charge in [0.25, 0.3) is 0 Å². The number of rotatable bonds is 8. The quantitative estimate of drug-likeness (QED) is 0.698. The minimum absolute atomic E-state index is 0.183. The molecular weight excluding hydrogens is 364 g/mol. The van der Waals surface area contributed by atoms with E-state index < -0.39 is 0 Å². The number of amides is 2. The van der Waals surface area contributed by atoms with Crippen molar-refractivity contribution in [3.8, 4) is 5.75 Å². The van der Waals surface area contributed by atoms with Crippen LogP contribution in [0.1, 0.15) is 37.7 Å².